The third kappa shape index (κ3) is 2.68. The molecule has 5 heteroatoms. The van der Waals surface area contributed by atoms with Gasteiger partial charge in [0, 0.05) is 24.4 Å². The molecule has 0 saturated heterocycles. The molecule has 0 saturated carbocycles. The molecular weight excluding hydrogens is 232 g/mol. The highest BCUT2D eigenvalue weighted by Crippen LogP contribution is 2.23. The maximum atomic E-state index is 11.9. The molecule has 96 valence electrons. The molecule has 18 heavy (non-hydrogen) atoms. The Kier molecular flexibility index (Phi) is 3.62. The van der Waals surface area contributed by atoms with Crippen molar-refractivity contribution in [2.24, 2.45) is 0 Å². The van der Waals surface area contributed by atoms with Gasteiger partial charge < -0.3 is 15.4 Å². The lowest BCUT2D eigenvalue weighted by Gasteiger charge is -2.13. The van der Waals surface area contributed by atoms with Crippen LogP contribution in [0.4, 0.5) is 5.69 Å². The number of carbonyl (C=O) groups is 2. The molecule has 0 fully saturated rings. The molecule has 1 heterocycles. The van der Waals surface area contributed by atoms with Crippen molar-refractivity contribution < 1.29 is 14.3 Å². The molecule has 5 nitrogen and oxygen atoms in total. The highest BCUT2D eigenvalue weighted by atomic mass is 16.5. The zero-order valence-corrected chi connectivity index (χ0v) is 10.4. The molecule has 0 aliphatic carbocycles. The summed E-state index contributed by atoms with van der Waals surface area (Å²) in [6.45, 7) is 2.34. The molecule has 1 aliphatic heterocycles. The Labute approximate surface area is 106 Å². The van der Waals surface area contributed by atoms with Gasteiger partial charge in [-0.05, 0) is 30.7 Å². The molecule has 1 aromatic carbocycles. The van der Waals surface area contributed by atoms with E-state index in [-0.39, 0.29) is 17.9 Å². The van der Waals surface area contributed by atoms with Gasteiger partial charge in [0.1, 0.15) is 0 Å². The van der Waals surface area contributed by atoms with Gasteiger partial charge in [-0.15, -0.1) is 0 Å². The van der Waals surface area contributed by atoms with Gasteiger partial charge in [-0.2, -0.15) is 0 Å². The van der Waals surface area contributed by atoms with E-state index in [1.807, 2.05) is 6.92 Å². The van der Waals surface area contributed by atoms with Crippen LogP contribution in [-0.4, -0.2) is 31.6 Å². The Hall–Kier alpha value is -1.88. The van der Waals surface area contributed by atoms with Crippen LogP contribution in [0.2, 0.25) is 0 Å². The van der Waals surface area contributed by atoms with E-state index >= 15 is 0 Å². The number of amides is 2. The topological polar surface area (TPSA) is 67.4 Å². The number of anilines is 1. The van der Waals surface area contributed by atoms with Crippen molar-refractivity contribution >= 4 is 17.5 Å². The van der Waals surface area contributed by atoms with Crippen molar-refractivity contribution in [3.8, 4) is 0 Å². The minimum atomic E-state index is -0.151. The first-order valence-electron chi connectivity index (χ1n) is 5.82. The lowest BCUT2D eigenvalue weighted by atomic mass is 10.1. The summed E-state index contributed by atoms with van der Waals surface area (Å²) >= 11 is 0. The third-order valence-electron chi connectivity index (χ3n) is 2.79. The van der Waals surface area contributed by atoms with Crippen LogP contribution in [0.5, 0.6) is 0 Å². The van der Waals surface area contributed by atoms with Crippen LogP contribution in [-0.2, 0) is 16.0 Å². The standard InChI is InChI=1S/C13H16N2O3/c1-8(7-18-2)14-13(17)9-3-4-11-10(5-9)6-12(16)15-11/h3-5,8H,6-7H2,1-2H3,(H,14,17)(H,15,16). The molecule has 2 rings (SSSR count). The molecule has 0 radical (unpaired) electrons. The Morgan fingerprint density at radius 1 is 1.56 bits per heavy atom. The van der Waals surface area contributed by atoms with Crippen molar-refractivity contribution in [1.29, 1.82) is 0 Å². The predicted octanol–water partition coefficient (Wildman–Crippen LogP) is 0.946. The number of rotatable bonds is 4. The van der Waals surface area contributed by atoms with E-state index in [2.05, 4.69) is 10.6 Å². The number of nitrogens with one attached hydrogen (secondary N) is 2. The second-order valence-corrected chi connectivity index (χ2v) is 4.43. The second-order valence-electron chi connectivity index (χ2n) is 4.43. The van der Waals surface area contributed by atoms with Gasteiger partial charge in [0.25, 0.3) is 5.91 Å². The number of ether oxygens (including phenoxy) is 1. The van der Waals surface area contributed by atoms with Crippen LogP contribution < -0.4 is 10.6 Å². The van der Waals surface area contributed by atoms with Gasteiger partial charge in [0.2, 0.25) is 5.91 Å². The normalized spacial score (nSPS) is 14.9. The summed E-state index contributed by atoms with van der Waals surface area (Å²) in [4.78, 5) is 23.2. The number of benzene rings is 1. The SMILES string of the molecule is COCC(C)NC(=O)c1ccc2c(c1)CC(=O)N2. The number of carbonyl (C=O) groups excluding carboxylic acids is 2. The summed E-state index contributed by atoms with van der Waals surface area (Å²) < 4.78 is 4.96. The van der Waals surface area contributed by atoms with Gasteiger partial charge in [-0.25, -0.2) is 0 Å². The Morgan fingerprint density at radius 3 is 3.06 bits per heavy atom. The van der Waals surface area contributed by atoms with Crippen LogP contribution in [0, 0.1) is 0 Å². The van der Waals surface area contributed by atoms with Crippen molar-refractivity contribution in [3.05, 3.63) is 29.3 Å². The maximum absolute atomic E-state index is 11.9. The summed E-state index contributed by atoms with van der Waals surface area (Å²) in [7, 11) is 1.59. The van der Waals surface area contributed by atoms with E-state index in [4.69, 9.17) is 4.74 Å². The first kappa shape index (κ1) is 12.6. The van der Waals surface area contributed by atoms with Crippen molar-refractivity contribution in [2.75, 3.05) is 19.0 Å². The summed E-state index contributed by atoms with van der Waals surface area (Å²) in [5.41, 5.74) is 2.22. The van der Waals surface area contributed by atoms with E-state index in [0.717, 1.165) is 11.3 Å². The van der Waals surface area contributed by atoms with Crippen LogP contribution in [0.15, 0.2) is 18.2 Å². The maximum Gasteiger partial charge on any atom is 0.251 e. The molecule has 1 aromatic rings. The summed E-state index contributed by atoms with van der Waals surface area (Å²) in [5, 5.41) is 5.56. The summed E-state index contributed by atoms with van der Waals surface area (Å²) in [6.07, 6.45) is 0.337. The quantitative estimate of drug-likeness (QED) is 0.833. The molecule has 1 atom stereocenters. The number of hydrogen-bond acceptors (Lipinski definition) is 3. The minimum Gasteiger partial charge on any atom is -0.383 e. The number of methoxy groups -OCH3 is 1. The molecule has 1 aliphatic rings. The lowest BCUT2D eigenvalue weighted by molar-refractivity contribution is -0.115. The van der Waals surface area contributed by atoms with Crippen LogP contribution in [0.3, 0.4) is 0 Å². The predicted molar refractivity (Wildman–Crippen MR) is 67.6 cm³/mol. The largest absolute Gasteiger partial charge is 0.383 e. The van der Waals surface area contributed by atoms with Crippen LogP contribution in [0.25, 0.3) is 0 Å². The van der Waals surface area contributed by atoms with Crippen molar-refractivity contribution in [2.45, 2.75) is 19.4 Å². The van der Waals surface area contributed by atoms with Gasteiger partial charge in [0.15, 0.2) is 0 Å². The molecular formula is C13H16N2O3. The van der Waals surface area contributed by atoms with Crippen LogP contribution in [0.1, 0.15) is 22.8 Å². The monoisotopic (exact) mass is 248 g/mol. The fourth-order valence-corrected chi connectivity index (χ4v) is 1.97. The molecule has 2 amide bonds. The van der Waals surface area contributed by atoms with E-state index in [0.29, 0.717) is 18.6 Å². The Morgan fingerprint density at radius 2 is 2.33 bits per heavy atom. The van der Waals surface area contributed by atoms with E-state index in [9.17, 15) is 9.59 Å². The van der Waals surface area contributed by atoms with E-state index in [1.54, 1.807) is 25.3 Å². The molecule has 0 spiro atoms. The summed E-state index contributed by atoms with van der Waals surface area (Å²) in [5.74, 6) is -0.183. The highest BCUT2D eigenvalue weighted by molar-refractivity contribution is 6.01. The van der Waals surface area contributed by atoms with Gasteiger partial charge in [0.05, 0.1) is 13.0 Å². The highest BCUT2D eigenvalue weighted by Gasteiger charge is 2.19. The van der Waals surface area contributed by atoms with Gasteiger partial charge in [-0.1, -0.05) is 0 Å². The van der Waals surface area contributed by atoms with Gasteiger partial charge in [-0.3, -0.25) is 9.59 Å². The van der Waals surface area contributed by atoms with Crippen molar-refractivity contribution in [1.82, 2.24) is 5.32 Å². The first-order chi connectivity index (χ1) is 8.60. The molecule has 0 bridgehead atoms. The average molecular weight is 248 g/mol. The van der Waals surface area contributed by atoms with E-state index < -0.39 is 0 Å². The third-order valence-corrected chi connectivity index (χ3v) is 2.79. The average Bonchev–Trinajstić information content (AvgIpc) is 2.68. The van der Waals surface area contributed by atoms with E-state index in [1.165, 1.54) is 0 Å². The number of fused-ring (bicyclic) bond motifs is 1. The fraction of sp³-hybridized carbons (Fsp3) is 0.385. The molecule has 0 aromatic heterocycles. The van der Waals surface area contributed by atoms with Crippen molar-refractivity contribution in [3.63, 3.8) is 0 Å². The van der Waals surface area contributed by atoms with Gasteiger partial charge >= 0.3 is 0 Å². The fourth-order valence-electron chi connectivity index (χ4n) is 1.97. The Bertz CT molecular complexity index is 485. The minimum absolute atomic E-state index is 0.0321. The number of hydrogen-bond donors (Lipinski definition) is 2. The summed E-state index contributed by atoms with van der Waals surface area (Å²) in [6, 6.07) is 5.17. The smallest absolute Gasteiger partial charge is 0.251 e. The second kappa shape index (κ2) is 5.18. The zero-order chi connectivity index (χ0) is 13.1. The lowest BCUT2D eigenvalue weighted by Crippen LogP contribution is -2.35. The first-order valence-corrected chi connectivity index (χ1v) is 5.82. The molecule has 2 N–H and O–H groups in total. The molecule has 1 unspecified atom stereocenters. The Balaban J connectivity index is 2.08. The zero-order valence-electron chi connectivity index (χ0n) is 10.4. The van der Waals surface area contributed by atoms with Crippen LogP contribution >= 0.6 is 0 Å².